The number of benzene rings is 1. The summed E-state index contributed by atoms with van der Waals surface area (Å²) in [5.41, 5.74) is 9.32. The molecule has 3 N–H and O–H groups in total. The zero-order valence-corrected chi connectivity index (χ0v) is 9.31. The van der Waals surface area contributed by atoms with E-state index in [0.717, 1.165) is 29.4 Å². The van der Waals surface area contributed by atoms with E-state index in [1.54, 1.807) is 6.07 Å². The fraction of sp³-hybridized carbons (Fsp3) is 0.385. The summed E-state index contributed by atoms with van der Waals surface area (Å²) in [6.45, 7) is 2.72. The Morgan fingerprint density at radius 1 is 1.44 bits per heavy atom. The van der Waals surface area contributed by atoms with E-state index in [-0.39, 0.29) is 11.2 Å². The van der Waals surface area contributed by atoms with Gasteiger partial charge in [0.05, 0.1) is 0 Å². The standard InChI is InChI=1S/C13H15FN2/c1-8-12(13(7-15)4-5-13)10-3-2-9(14)6-11(10)16-8/h2-3,6,16H,4-5,7,15H2,1H3. The fourth-order valence-corrected chi connectivity index (χ4v) is 2.69. The van der Waals surface area contributed by atoms with Gasteiger partial charge in [-0.15, -0.1) is 0 Å². The highest BCUT2D eigenvalue weighted by Gasteiger charge is 2.45. The van der Waals surface area contributed by atoms with Gasteiger partial charge >= 0.3 is 0 Å². The molecular weight excluding hydrogens is 203 g/mol. The number of rotatable bonds is 2. The summed E-state index contributed by atoms with van der Waals surface area (Å²) >= 11 is 0. The lowest BCUT2D eigenvalue weighted by molar-refractivity contribution is 0.629. The van der Waals surface area contributed by atoms with Crippen molar-refractivity contribution in [3.8, 4) is 0 Å². The van der Waals surface area contributed by atoms with E-state index < -0.39 is 0 Å². The largest absolute Gasteiger partial charge is 0.358 e. The third-order valence-electron chi connectivity index (χ3n) is 3.72. The van der Waals surface area contributed by atoms with E-state index >= 15 is 0 Å². The third kappa shape index (κ3) is 1.21. The number of aryl methyl sites for hydroxylation is 1. The summed E-state index contributed by atoms with van der Waals surface area (Å²) in [5, 5.41) is 1.13. The number of fused-ring (bicyclic) bond motifs is 1. The summed E-state index contributed by atoms with van der Waals surface area (Å²) in [4.78, 5) is 3.25. The molecule has 1 heterocycles. The van der Waals surface area contributed by atoms with Crippen LogP contribution in [0.5, 0.6) is 0 Å². The number of H-pyrrole nitrogens is 1. The van der Waals surface area contributed by atoms with E-state index in [0.29, 0.717) is 6.54 Å². The second-order valence-electron chi connectivity index (χ2n) is 4.80. The first-order valence-corrected chi connectivity index (χ1v) is 5.65. The number of halogens is 1. The molecule has 0 saturated heterocycles. The molecule has 1 aliphatic rings. The van der Waals surface area contributed by atoms with Gasteiger partial charge in [0, 0.05) is 28.6 Å². The van der Waals surface area contributed by atoms with Crippen LogP contribution in [0.15, 0.2) is 18.2 Å². The number of aromatic nitrogens is 1. The highest BCUT2D eigenvalue weighted by molar-refractivity contribution is 5.86. The highest BCUT2D eigenvalue weighted by Crippen LogP contribution is 2.50. The summed E-state index contributed by atoms with van der Waals surface area (Å²) in [7, 11) is 0. The molecule has 0 spiro atoms. The summed E-state index contributed by atoms with van der Waals surface area (Å²) in [6, 6.07) is 4.93. The van der Waals surface area contributed by atoms with Crippen LogP contribution in [0.2, 0.25) is 0 Å². The van der Waals surface area contributed by atoms with Crippen LogP contribution in [0, 0.1) is 12.7 Å². The van der Waals surface area contributed by atoms with E-state index in [9.17, 15) is 4.39 Å². The molecular formula is C13H15FN2. The maximum Gasteiger partial charge on any atom is 0.125 e. The Bertz CT molecular complexity index is 552. The Labute approximate surface area is 93.6 Å². The molecule has 1 saturated carbocycles. The third-order valence-corrected chi connectivity index (χ3v) is 3.72. The Hall–Kier alpha value is -1.35. The van der Waals surface area contributed by atoms with Crippen molar-refractivity contribution in [2.24, 2.45) is 5.73 Å². The quantitative estimate of drug-likeness (QED) is 0.799. The molecule has 84 valence electrons. The second-order valence-corrected chi connectivity index (χ2v) is 4.80. The van der Waals surface area contributed by atoms with Crippen LogP contribution in [-0.4, -0.2) is 11.5 Å². The molecule has 1 fully saturated rings. The Kier molecular flexibility index (Phi) is 1.89. The summed E-state index contributed by atoms with van der Waals surface area (Å²) in [5.74, 6) is -0.196. The summed E-state index contributed by atoms with van der Waals surface area (Å²) in [6.07, 6.45) is 2.29. The first kappa shape index (κ1) is 9.85. The van der Waals surface area contributed by atoms with Crippen molar-refractivity contribution in [2.45, 2.75) is 25.2 Å². The molecule has 3 rings (SSSR count). The molecule has 0 atom stereocenters. The molecule has 0 bridgehead atoms. The molecule has 0 unspecified atom stereocenters. The van der Waals surface area contributed by atoms with Crippen LogP contribution in [0.4, 0.5) is 4.39 Å². The van der Waals surface area contributed by atoms with Gasteiger partial charge in [0.2, 0.25) is 0 Å². The summed E-state index contributed by atoms with van der Waals surface area (Å²) < 4.78 is 13.1. The molecule has 1 aliphatic carbocycles. The van der Waals surface area contributed by atoms with Gasteiger partial charge in [-0.2, -0.15) is 0 Å². The van der Waals surface area contributed by atoms with Gasteiger partial charge in [-0.05, 0) is 43.5 Å². The average molecular weight is 218 g/mol. The number of hydrogen-bond acceptors (Lipinski definition) is 1. The van der Waals surface area contributed by atoms with Crippen molar-refractivity contribution < 1.29 is 4.39 Å². The molecule has 2 nitrogen and oxygen atoms in total. The predicted octanol–water partition coefficient (Wildman–Crippen LogP) is 2.61. The Morgan fingerprint density at radius 3 is 2.81 bits per heavy atom. The molecule has 0 amide bonds. The fourth-order valence-electron chi connectivity index (χ4n) is 2.69. The lowest BCUT2D eigenvalue weighted by Gasteiger charge is -2.12. The van der Waals surface area contributed by atoms with Crippen LogP contribution in [0.25, 0.3) is 10.9 Å². The van der Waals surface area contributed by atoms with Crippen molar-refractivity contribution >= 4 is 10.9 Å². The SMILES string of the molecule is Cc1[nH]c2cc(F)ccc2c1C1(CN)CC1. The highest BCUT2D eigenvalue weighted by atomic mass is 19.1. The molecule has 1 aromatic heterocycles. The topological polar surface area (TPSA) is 41.8 Å². The maximum absolute atomic E-state index is 13.1. The zero-order chi connectivity index (χ0) is 11.3. The number of nitrogens with one attached hydrogen (secondary N) is 1. The lowest BCUT2D eigenvalue weighted by Crippen LogP contribution is -2.20. The van der Waals surface area contributed by atoms with Crippen molar-refractivity contribution in [3.05, 3.63) is 35.3 Å². The minimum atomic E-state index is -0.196. The lowest BCUT2D eigenvalue weighted by atomic mass is 9.93. The molecule has 16 heavy (non-hydrogen) atoms. The van der Waals surface area contributed by atoms with Crippen molar-refractivity contribution in [3.63, 3.8) is 0 Å². The van der Waals surface area contributed by atoms with Crippen molar-refractivity contribution in [1.29, 1.82) is 0 Å². The molecule has 1 aromatic carbocycles. The number of hydrogen-bond donors (Lipinski definition) is 2. The van der Waals surface area contributed by atoms with Gasteiger partial charge in [-0.3, -0.25) is 0 Å². The van der Waals surface area contributed by atoms with E-state index in [2.05, 4.69) is 4.98 Å². The van der Waals surface area contributed by atoms with Gasteiger partial charge in [0.25, 0.3) is 0 Å². The van der Waals surface area contributed by atoms with Gasteiger partial charge in [0.15, 0.2) is 0 Å². The average Bonchev–Trinajstić information content (AvgIpc) is 2.96. The van der Waals surface area contributed by atoms with Crippen LogP contribution in [-0.2, 0) is 5.41 Å². The predicted molar refractivity (Wildman–Crippen MR) is 63.0 cm³/mol. The monoisotopic (exact) mass is 218 g/mol. The Morgan fingerprint density at radius 2 is 2.19 bits per heavy atom. The smallest absolute Gasteiger partial charge is 0.125 e. The maximum atomic E-state index is 13.1. The molecule has 0 aliphatic heterocycles. The van der Waals surface area contributed by atoms with Gasteiger partial charge in [-0.1, -0.05) is 0 Å². The van der Waals surface area contributed by atoms with Crippen LogP contribution < -0.4 is 5.73 Å². The molecule has 2 aromatic rings. The number of aromatic amines is 1. The van der Waals surface area contributed by atoms with E-state index in [1.165, 1.54) is 11.6 Å². The number of nitrogens with two attached hydrogens (primary N) is 1. The van der Waals surface area contributed by atoms with Gasteiger partial charge in [0.1, 0.15) is 5.82 Å². The first-order valence-electron chi connectivity index (χ1n) is 5.65. The zero-order valence-electron chi connectivity index (χ0n) is 9.31. The van der Waals surface area contributed by atoms with Gasteiger partial charge in [-0.25, -0.2) is 4.39 Å². The minimum absolute atomic E-state index is 0.153. The van der Waals surface area contributed by atoms with Gasteiger partial charge < -0.3 is 10.7 Å². The molecule has 0 radical (unpaired) electrons. The van der Waals surface area contributed by atoms with Crippen LogP contribution >= 0.6 is 0 Å². The van der Waals surface area contributed by atoms with Crippen LogP contribution in [0.1, 0.15) is 24.1 Å². The minimum Gasteiger partial charge on any atom is -0.358 e. The van der Waals surface area contributed by atoms with Crippen LogP contribution in [0.3, 0.4) is 0 Å². The van der Waals surface area contributed by atoms with Crippen molar-refractivity contribution in [2.75, 3.05) is 6.54 Å². The normalized spacial score (nSPS) is 17.9. The second kappa shape index (κ2) is 3.08. The van der Waals surface area contributed by atoms with E-state index in [1.807, 2.05) is 13.0 Å². The van der Waals surface area contributed by atoms with E-state index in [4.69, 9.17) is 5.73 Å². The molecule has 3 heteroatoms. The Balaban J connectivity index is 2.28. The van der Waals surface area contributed by atoms with Crippen molar-refractivity contribution in [1.82, 2.24) is 4.98 Å². The first-order chi connectivity index (χ1) is 7.66.